The van der Waals surface area contributed by atoms with Gasteiger partial charge in [-0.2, -0.15) is 4.31 Å². The third-order valence-corrected chi connectivity index (χ3v) is 8.67. The van der Waals surface area contributed by atoms with Crippen LogP contribution in [0, 0.1) is 0 Å². The van der Waals surface area contributed by atoms with E-state index < -0.39 is 25.9 Å². The predicted octanol–water partition coefficient (Wildman–Crippen LogP) is 2.41. The second-order valence-corrected chi connectivity index (χ2v) is 10.7. The molecule has 2 rings (SSSR count). The Morgan fingerprint density at radius 1 is 1.33 bits per heavy atom. The average Bonchev–Trinajstić information content (AvgIpc) is 2.73. The lowest BCUT2D eigenvalue weighted by atomic mass is 10.3. The van der Waals surface area contributed by atoms with Gasteiger partial charge in [-0.05, 0) is 40.5 Å². The summed E-state index contributed by atoms with van der Waals surface area (Å²) in [6.07, 6.45) is 0.348. The molecule has 1 fully saturated rings. The Hall–Kier alpha value is 0.0400. The van der Waals surface area contributed by atoms with Crippen molar-refractivity contribution < 1.29 is 16.8 Å². The zero-order valence-corrected chi connectivity index (χ0v) is 16.1. The average molecular weight is 461 g/mol. The summed E-state index contributed by atoms with van der Waals surface area (Å²) in [5.41, 5.74) is 0. The number of nitrogens with zero attached hydrogens (tertiary/aromatic N) is 1. The molecule has 1 aromatic rings. The van der Waals surface area contributed by atoms with Crippen LogP contribution >= 0.6 is 31.9 Å². The maximum Gasteiger partial charge on any atom is 0.244 e. The maximum atomic E-state index is 12.8. The van der Waals surface area contributed by atoms with Gasteiger partial charge >= 0.3 is 0 Å². The highest BCUT2D eigenvalue weighted by Crippen LogP contribution is 2.31. The van der Waals surface area contributed by atoms with E-state index in [4.69, 9.17) is 0 Å². The van der Waals surface area contributed by atoms with Crippen molar-refractivity contribution in [1.29, 1.82) is 0 Å². The van der Waals surface area contributed by atoms with Crippen LogP contribution in [0.25, 0.3) is 0 Å². The highest BCUT2D eigenvalue weighted by atomic mass is 79.9. The van der Waals surface area contributed by atoms with Crippen LogP contribution in [0.1, 0.15) is 13.3 Å². The van der Waals surface area contributed by atoms with E-state index in [1.807, 2.05) is 0 Å². The fourth-order valence-corrected chi connectivity index (χ4v) is 7.38. The SMILES string of the molecule is CCN([C@@H]1CCS(=O)(=O)C1)S(=O)(=O)c1cc(Br)ccc1Br. The molecule has 1 atom stereocenters. The van der Waals surface area contributed by atoms with E-state index in [-0.39, 0.29) is 22.9 Å². The minimum absolute atomic E-state index is 0.0450. The van der Waals surface area contributed by atoms with Gasteiger partial charge in [-0.1, -0.05) is 22.9 Å². The van der Waals surface area contributed by atoms with Crippen molar-refractivity contribution in [2.45, 2.75) is 24.3 Å². The zero-order valence-electron chi connectivity index (χ0n) is 11.3. The van der Waals surface area contributed by atoms with Crippen molar-refractivity contribution in [3.05, 3.63) is 27.1 Å². The summed E-state index contributed by atoms with van der Waals surface area (Å²) in [6, 6.07) is 4.41. The first-order chi connectivity index (χ1) is 9.67. The molecule has 5 nitrogen and oxygen atoms in total. The molecule has 1 aromatic carbocycles. The van der Waals surface area contributed by atoms with Gasteiger partial charge in [0.15, 0.2) is 9.84 Å². The molecule has 1 heterocycles. The van der Waals surface area contributed by atoms with Gasteiger partial charge in [-0.3, -0.25) is 0 Å². The molecule has 0 radical (unpaired) electrons. The van der Waals surface area contributed by atoms with E-state index >= 15 is 0 Å². The molecule has 118 valence electrons. The molecular weight excluding hydrogens is 446 g/mol. The first-order valence-corrected chi connectivity index (χ1v) is 11.2. The van der Waals surface area contributed by atoms with Crippen molar-refractivity contribution in [2.24, 2.45) is 0 Å². The van der Waals surface area contributed by atoms with E-state index in [0.29, 0.717) is 15.4 Å². The van der Waals surface area contributed by atoms with Crippen molar-refractivity contribution in [3.63, 3.8) is 0 Å². The molecule has 0 N–H and O–H groups in total. The van der Waals surface area contributed by atoms with Crippen LogP contribution in [0.2, 0.25) is 0 Å². The Morgan fingerprint density at radius 2 is 2.00 bits per heavy atom. The zero-order chi connectivity index (χ0) is 15.8. The lowest BCUT2D eigenvalue weighted by Gasteiger charge is -2.26. The van der Waals surface area contributed by atoms with Crippen molar-refractivity contribution >= 4 is 51.7 Å². The van der Waals surface area contributed by atoms with Gasteiger partial charge in [-0.15, -0.1) is 0 Å². The lowest BCUT2D eigenvalue weighted by molar-refractivity contribution is 0.354. The molecule has 1 saturated heterocycles. The molecule has 0 bridgehead atoms. The highest BCUT2D eigenvalue weighted by Gasteiger charge is 2.38. The number of sulfonamides is 1. The Bertz CT molecular complexity index is 747. The second-order valence-electron chi connectivity index (χ2n) is 4.84. The van der Waals surface area contributed by atoms with Crippen molar-refractivity contribution in [1.82, 2.24) is 4.31 Å². The third-order valence-electron chi connectivity index (χ3n) is 3.41. The van der Waals surface area contributed by atoms with Crippen LogP contribution in [-0.4, -0.2) is 45.2 Å². The van der Waals surface area contributed by atoms with E-state index in [1.54, 1.807) is 19.1 Å². The molecule has 0 aliphatic carbocycles. The Morgan fingerprint density at radius 3 is 2.52 bits per heavy atom. The Labute approximate surface area is 141 Å². The Kier molecular flexibility index (Phi) is 5.19. The fraction of sp³-hybridized carbons (Fsp3) is 0.500. The number of hydrogen-bond acceptors (Lipinski definition) is 4. The van der Waals surface area contributed by atoms with E-state index in [2.05, 4.69) is 31.9 Å². The van der Waals surface area contributed by atoms with Crippen LogP contribution < -0.4 is 0 Å². The molecule has 0 unspecified atom stereocenters. The van der Waals surface area contributed by atoms with Crippen molar-refractivity contribution in [2.75, 3.05) is 18.1 Å². The van der Waals surface area contributed by atoms with Crippen LogP contribution in [0.4, 0.5) is 0 Å². The fourth-order valence-electron chi connectivity index (χ4n) is 2.43. The topological polar surface area (TPSA) is 71.5 Å². The molecule has 0 amide bonds. The van der Waals surface area contributed by atoms with Gasteiger partial charge in [0.1, 0.15) is 0 Å². The summed E-state index contributed by atoms with van der Waals surface area (Å²) in [6.45, 7) is 1.95. The summed E-state index contributed by atoms with van der Waals surface area (Å²) in [7, 11) is -6.88. The van der Waals surface area contributed by atoms with Crippen molar-refractivity contribution in [3.8, 4) is 0 Å². The minimum Gasteiger partial charge on any atom is -0.229 e. The van der Waals surface area contributed by atoms with Gasteiger partial charge < -0.3 is 0 Å². The quantitative estimate of drug-likeness (QED) is 0.691. The molecule has 0 saturated carbocycles. The Balaban J connectivity index is 2.43. The third kappa shape index (κ3) is 3.69. The number of halogens is 2. The molecule has 9 heteroatoms. The maximum absolute atomic E-state index is 12.8. The summed E-state index contributed by atoms with van der Waals surface area (Å²) >= 11 is 6.51. The van der Waals surface area contributed by atoms with Gasteiger partial charge in [0.05, 0.1) is 16.4 Å². The van der Waals surface area contributed by atoms with E-state index in [1.165, 1.54) is 10.4 Å². The normalized spacial score (nSPS) is 21.8. The van der Waals surface area contributed by atoms with Gasteiger partial charge in [0.25, 0.3) is 0 Å². The van der Waals surface area contributed by atoms with Gasteiger partial charge in [-0.25, -0.2) is 16.8 Å². The smallest absolute Gasteiger partial charge is 0.229 e. The predicted molar refractivity (Wildman–Crippen MR) is 88.5 cm³/mol. The van der Waals surface area contributed by atoms with Gasteiger partial charge in [0, 0.05) is 21.5 Å². The molecule has 1 aliphatic heterocycles. The summed E-state index contributed by atoms with van der Waals surface area (Å²) in [5, 5.41) is 0. The van der Waals surface area contributed by atoms with Crippen LogP contribution in [0.5, 0.6) is 0 Å². The van der Waals surface area contributed by atoms with E-state index in [9.17, 15) is 16.8 Å². The molecule has 21 heavy (non-hydrogen) atoms. The second kappa shape index (κ2) is 6.27. The molecular formula is C12H15Br2NO4S2. The van der Waals surface area contributed by atoms with E-state index in [0.717, 1.165) is 0 Å². The highest BCUT2D eigenvalue weighted by molar-refractivity contribution is 9.11. The largest absolute Gasteiger partial charge is 0.244 e. The van der Waals surface area contributed by atoms with Crippen LogP contribution in [-0.2, 0) is 19.9 Å². The summed E-state index contributed by atoms with van der Waals surface area (Å²) in [5.74, 6) is -0.0605. The summed E-state index contributed by atoms with van der Waals surface area (Å²) < 4.78 is 51.2. The monoisotopic (exact) mass is 459 g/mol. The van der Waals surface area contributed by atoms with Crippen LogP contribution in [0.3, 0.4) is 0 Å². The number of rotatable bonds is 4. The molecule has 0 spiro atoms. The summed E-state index contributed by atoms with van der Waals surface area (Å²) in [4.78, 5) is 0.142. The standard InChI is InChI=1S/C12H15Br2NO4S2/c1-2-15(10-5-6-20(16,17)8-10)21(18,19)12-7-9(13)3-4-11(12)14/h3-4,7,10H,2,5-6,8H2,1H3/t10-/m1/s1. The lowest BCUT2D eigenvalue weighted by Crippen LogP contribution is -2.41. The van der Waals surface area contributed by atoms with Crippen LogP contribution in [0.15, 0.2) is 32.0 Å². The molecule has 0 aromatic heterocycles. The minimum atomic E-state index is -3.75. The first-order valence-electron chi connectivity index (χ1n) is 6.34. The number of hydrogen-bond donors (Lipinski definition) is 0. The number of benzene rings is 1. The first kappa shape index (κ1) is 17.4. The molecule has 1 aliphatic rings. The van der Waals surface area contributed by atoms with Gasteiger partial charge in [0.2, 0.25) is 10.0 Å². The number of sulfone groups is 1.